The Bertz CT molecular complexity index is 1010. The Morgan fingerprint density at radius 2 is 0.724 bits per heavy atom. The molecule has 0 aromatic heterocycles. The highest BCUT2D eigenvalue weighted by Gasteiger charge is 2.08. The highest BCUT2D eigenvalue weighted by Crippen LogP contribution is 2.35. The first-order valence-corrected chi connectivity index (χ1v) is 8.96. The Balaban J connectivity index is 1.64. The van der Waals surface area contributed by atoms with Gasteiger partial charge in [0, 0.05) is 18.2 Å². The van der Waals surface area contributed by atoms with E-state index in [-0.39, 0.29) is 11.5 Å². The van der Waals surface area contributed by atoms with Crippen molar-refractivity contribution < 1.29 is 24.4 Å². The van der Waals surface area contributed by atoms with Crippen molar-refractivity contribution in [3.63, 3.8) is 0 Å². The van der Waals surface area contributed by atoms with Gasteiger partial charge in [-0.05, 0) is 60.7 Å². The molecule has 0 saturated carbocycles. The van der Waals surface area contributed by atoms with Crippen LogP contribution in [-0.4, -0.2) is 10.2 Å². The topological polar surface area (TPSA) is 68.2 Å². The molecule has 4 aromatic carbocycles. The summed E-state index contributed by atoms with van der Waals surface area (Å²) in [5.74, 6) is 3.71. The van der Waals surface area contributed by atoms with Gasteiger partial charge in [-0.1, -0.05) is 18.2 Å². The second-order valence-electron chi connectivity index (χ2n) is 6.25. The van der Waals surface area contributed by atoms with Crippen LogP contribution in [0.1, 0.15) is 0 Å². The summed E-state index contributed by atoms with van der Waals surface area (Å²) in [5, 5.41) is 18.9. The van der Waals surface area contributed by atoms with E-state index >= 15 is 0 Å². The quantitative estimate of drug-likeness (QED) is 0.397. The molecule has 0 aliphatic carbocycles. The fourth-order valence-electron chi connectivity index (χ4n) is 2.65. The lowest BCUT2D eigenvalue weighted by molar-refractivity contribution is 0.436. The van der Waals surface area contributed by atoms with Gasteiger partial charge in [-0.3, -0.25) is 0 Å². The Hall–Kier alpha value is -4.12. The molecule has 0 saturated heterocycles. The summed E-state index contributed by atoms with van der Waals surface area (Å²) in [6.45, 7) is 0. The van der Waals surface area contributed by atoms with Gasteiger partial charge in [-0.25, -0.2) is 0 Å². The van der Waals surface area contributed by atoms with Crippen LogP contribution in [0, 0.1) is 0 Å². The molecule has 2 N–H and O–H groups in total. The van der Waals surface area contributed by atoms with Crippen molar-refractivity contribution in [3.05, 3.63) is 97.1 Å². The minimum absolute atomic E-state index is 0.162. The van der Waals surface area contributed by atoms with Gasteiger partial charge in [-0.15, -0.1) is 0 Å². The van der Waals surface area contributed by atoms with Crippen LogP contribution in [-0.2, 0) is 0 Å². The SMILES string of the molecule is Oc1ccc(Oc2cc(Oc3ccccc3)cc(Oc3ccc(O)cc3)c2)cc1. The van der Waals surface area contributed by atoms with Crippen LogP contribution in [0.15, 0.2) is 97.1 Å². The van der Waals surface area contributed by atoms with Crippen molar-refractivity contribution in [2.45, 2.75) is 0 Å². The normalized spacial score (nSPS) is 10.3. The van der Waals surface area contributed by atoms with Gasteiger partial charge in [0.15, 0.2) is 0 Å². The Morgan fingerprint density at radius 1 is 0.379 bits per heavy atom. The molecule has 0 amide bonds. The summed E-state index contributed by atoms with van der Waals surface area (Å²) in [6.07, 6.45) is 0. The van der Waals surface area contributed by atoms with E-state index in [1.54, 1.807) is 66.7 Å². The minimum atomic E-state index is 0.162. The highest BCUT2D eigenvalue weighted by molar-refractivity contribution is 5.47. The Kier molecular flexibility index (Phi) is 5.21. The van der Waals surface area contributed by atoms with Crippen molar-refractivity contribution in [2.75, 3.05) is 0 Å². The zero-order chi connectivity index (χ0) is 20.1. The minimum Gasteiger partial charge on any atom is -0.508 e. The van der Waals surface area contributed by atoms with Crippen molar-refractivity contribution in [1.82, 2.24) is 0 Å². The van der Waals surface area contributed by atoms with Gasteiger partial charge in [0.1, 0.15) is 46.0 Å². The van der Waals surface area contributed by atoms with Gasteiger partial charge in [-0.2, -0.15) is 0 Å². The number of hydrogen-bond donors (Lipinski definition) is 2. The van der Waals surface area contributed by atoms with E-state index in [1.807, 2.05) is 30.3 Å². The molecule has 4 aromatic rings. The maximum Gasteiger partial charge on any atom is 0.134 e. The second kappa shape index (κ2) is 8.27. The lowest BCUT2D eigenvalue weighted by Gasteiger charge is -2.13. The van der Waals surface area contributed by atoms with E-state index in [0.29, 0.717) is 34.5 Å². The lowest BCUT2D eigenvalue weighted by atomic mass is 10.2. The van der Waals surface area contributed by atoms with E-state index in [4.69, 9.17) is 14.2 Å². The smallest absolute Gasteiger partial charge is 0.134 e. The van der Waals surface area contributed by atoms with Crippen molar-refractivity contribution in [1.29, 1.82) is 0 Å². The predicted octanol–water partition coefficient (Wildman–Crippen LogP) is 6.47. The lowest BCUT2D eigenvalue weighted by Crippen LogP contribution is -1.90. The van der Waals surface area contributed by atoms with Crippen LogP contribution in [0.25, 0.3) is 0 Å². The third-order valence-corrected chi connectivity index (χ3v) is 3.98. The number of benzene rings is 4. The number of phenolic OH excluding ortho intramolecular Hbond substituents is 2. The van der Waals surface area contributed by atoms with Crippen molar-refractivity contribution in [2.24, 2.45) is 0 Å². The monoisotopic (exact) mass is 386 g/mol. The first-order valence-electron chi connectivity index (χ1n) is 8.96. The van der Waals surface area contributed by atoms with Crippen LogP contribution in [0.2, 0.25) is 0 Å². The number of hydrogen-bond acceptors (Lipinski definition) is 5. The van der Waals surface area contributed by atoms with E-state index in [0.717, 1.165) is 0 Å². The van der Waals surface area contributed by atoms with Gasteiger partial charge < -0.3 is 24.4 Å². The zero-order valence-corrected chi connectivity index (χ0v) is 15.4. The average molecular weight is 386 g/mol. The van der Waals surface area contributed by atoms with E-state index in [2.05, 4.69) is 0 Å². The molecule has 0 aliphatic heterocycles. The van der Waals surface area contributed by atoms with Crippen LogP contribution in [0.4, 0.5) is 0 Å². The number of rotatable bonds is 6. The second-order valence-corrected chi connectivity index (χ2v) is 6.25. The van der Waals surface area contributed by atoms with Gasteiger partial charge in [0.05, 0.1) is 0 Å². The first kappa shape index (κ1) is 18.3. The fourth-order valence-corrected chi connectivity index (χ4v) is 2.65. The third-order valence-electron chi connectivity index (χ3n) is 3.98. The summed E-state index contributed by atoms with van der Waals surface area (Å²) in [5.41, 5.74) is 0. The molecule has 0 heterocycles. The maximum absolute atomic E-state index is 9.45. The standard InChI is InChI=1S/C24H18O5/c25-17-6-10-20(11-7-17)28-23-14-22(27-19-4-2-1-3-5-19)15-24(16-23)29-21-12-8-18(26)9-13-21/h1-16,25-26H. The molecule has 0 spiro atoms. The molecule has 0 radical (unpaired) electrons. The first-order chi connectivity index (χ1) is 14.1. The Morgan fingerprint density at radius 3 is 1.10 bits per heavy atom. The summed E-state index contributed by atoms with van der Waals surface area (Å²) in [7, 11) is 0. The number of aromatic hydroxyl groups is 2. The molecule has 144 valence electrons. The molecular formula is C24H18O5. The molecule has 0 unspecified atom stereocenters. The van der Waals surface area contributed by atoms with E-state index in [1.165, 1.54) is 0 Å². The summed E-state index contributed by atoms with van der Waals surface area (Å²) >= 11 is 0. The number of para-hydroxylation sites is 1. The van der Waals surface area contributed by atoms with Crippen LogP contribution in [0.5, 0.6) is 46.0 Å². The summed E-state index contributed by atoms with van der Waals surface area (Å²) in [4.78, 5) is 0. The van der Waals surface area contributed by atoms with E-state index in [9.17, 15) is 10.2 Å². The molecule has 4 rings (SSSR count). The summed E-state index contributed by atoms with van der Waals surface area (Å²) in [6, 6.07) is 27.5. The molecule has 0 bridgehead atoms. The average Bonchev–Trinajstić information content (AvgIpc) is 2.72. The van der Waals surface area contributed by atoms with Crippen LogP contribution < -0.4 is 14.2 Å². The largest absolute Gasteiger partial charge is 0.508 e. The fraction of sp³-hybridized carbons (Fsp3) is 0. The molecule has 5 heteroatoms. The molecule has 0 fully saturated rings. The summed E-state index contributed by atoms with van der Waals surface area (Å²) < 4.78 is 17.7. The van der Waals surface area contributed by atoms with Gasteiger partial charge in [0.25, 0.3) is 0 Å². The van der Waals surface area contributed by atoms with Crippen molar-refractivity contribution >= 4 is 0 Å². The molecule has 29 heavy (non-hydrogen) atoms. The van der Waals surface area contributed by atoms with Gasteiger partial charge >= 0.3 is 0 Å². The zero-order valence-electron chi connectivity index (χ0n) is 15.4. The molecular weight excluding hydrogens is 368 g/mol. The number of phenols is 2. The maximum atomic E-state index is 9.45. The van der Waals surface area contributed by atoms with Crippen LogP contribution >= 0.6 is 0 Å². The molecule has 5 nitrogen and oxygen atoms in total. The predicted molar refractivity (Wildman–Crippen MR) is 109 cm³/mol. The molecule has 0 aliphatic rings. The van der Waals surface area contributed by atoms with E-state index < -0.39 is 0 Å². The third kappa shape index (κ3) is 4.99. The van der Waals surface area contributed by atoms with Crippen LogP contribution in [0.3, 0.4) is 0 Å². The molecule has 0 atom stereocenters. The van der Waals surface area contributed by atoms with Gasteiger partial charge in [0.2, 0.25) is 0 Å². The Labute approximate surface area is 168 Å². The highest BCUT2D eigenvalue weighted by atomic mass is 16.5. The number of ether oxygens (including phenoxy) is 3. The van der Waals surface area contributed by atoms with Crippen molar-refractivity contribution in [3.8, 4) is 46.0 Å².